The molecule has 0 radical (unpaired) electrons. The van der Waals surface area contributed by atoms with Crippen molar-refractivity contribution in [2.75, 3.05) is 40.1 Å². The van der Waals surface area contributed by atoms with Crippen LogP contribution in [0.1, 0.15) is 11.1 Å². The molecule has 0 unspecified atom stereocenters. The van der Waals surface area contributed by atoms with Crippen molar-refractivity contribution in [1.29, 1.82) is 0 Å². The Morgan fingerprint density at radius 3 is 2.26 bits per heavy atom. The van der Waals surface area contributed by atoms with Gasteiger partial charge >= 0.3 is 0 Å². The van der Waals surface area contributed by atoms with Crippen LogP contribution in [0.25, 0.3) is 0 Å². The van der Waals surface area contributed by atoms with Crippen molar-refractivity contribution in [3.8, 4) is 5.75 Å². The first-order chi connectivity index (χ1) is 9.17. The number of benzene rings is 1. The first-order valence-corrected chi connectivity index (χ1v) is 6.59. The van der Waals surface area contributed by atoms with Gasteiger partial charge in [-0.25, -0.2) is 0 Å². The minimum Gasteiger partial charge on any atom is -0.496 e. The van der Waals surface area contributed by atoms with E-state index in [0.717, 1.165) is 11.3 Å². The lowest BCUT2D eigenvalue weighted by atomic mass is 9.57. The van der Waals surface area contributed by atoms with Gasteiger partial charge in [0.05, 0.1) is 51.0 Å². The summed E-state index contributed by atoms with van der Waals surface area (Å²) < 4.78 is 16.2. The fraction of sp³-hybridized carbons (Fsp3) is 0.600. The molecular weight excluding hydrogens is 244 g/mol. The molecule has 4 nitrogen and oxygen atoms in total. The van der Waals surface area contributed by atoms with Gasteiger partial charge in [0.15, 0.2) is 0 Å². The number of methoxy groups -OCH3 is 1. The summed E-state index contributed by atoms with van der Waals surface area (Å²) in [5.74, 6) is 0.891. The van der Waals surface area contributed by atoms with Crippen LogP contribution in [0.4, 0.5) is 0 Å². The van der Waals surface area contributed by atoms with E-state index in [1.807, 2.05) is 13.0 Å². The van der Waals surface area contributed by atoms with Gasteiger partial charge < -0.3 is 19.3 Å². The molecule has 0 saturated carbocycles. The molecule has 0 aromatic heterocycles. The van der Waals surface area contributed by atoms with Crippen LogP contribution in [-0.2, 0) is 14.9 Å². The number of hydrogen-bond donors (Lipinski definition) is 1. The fourth-order valence-electron chi connectivity index (χ4n) is 3.13. The molecule has 2 fully saturated rings. The standard InChI is InChI=1S/C15H20O4/c1-11-5-12(3-4-13(11)17-2)15(9-19-10-15)14(6-16)7-18-8-14/h3-5,16H,6-10H2,1-2H3. The quantitative estimate of drug-likeness (QED) is 0.890. The van der Waals surface area contributed by atoms with E-state index in [4.69, 9.17) is 14.2 Å². The molecule has 2 aliphatic rings. The van der Waals surface area contributed by atoms with E-state index in [1.165, 1.54) is 5.56 Å². The Labute approximate surface area is 113 Å². The van der Waals surface area contributed by atoms with Crippen molar-refractivity contribution >= 4 is 0 Å². The highest BCUT2D eigenvalue weighted by Crippen LogP contribution is 2.51. The third-order valence-corrected chi connectivity index (χ3v) is 4.72. The summed E-state index contributed by atoms with van der Waals surface area (Å²) in [6, 6.07) is 6.23. The molecule has 19 heavy (non-hydrogen) atoms. The average Bonchev–Trinajstić information content (AvgIpc) is 2.31. The Bertz CT molecular complexity index is 470. The zero-order valence-corrected chi connectivity index (χ0v) is 11.4. The van der Waals surface area contributed by atoms with Gasteiger partial charge in [0, 0.05) is 0 Å². The molecule has 104 valence electrons. The molecule has 0 atom stereocenters. The molecular formula is C15H20O4. The maximum absolute atomic E-state index is 9.81. The lowest BCUT2D eigenvalue weighted by Gasteiger charge is -2.58. The predicted molar refractivity (Wildman–Crippen MR) is 70.6 cm³/mol. The Kier molecular flexibility index (Phi) is 3.04. The number of hydrogen-bond acceptors (Lipinski definition) is 4. The summed E-state index contributed by atoms with van der Waals surface area (Å²) in [5, 5.41) is 9.81. The van der Waals surface area contributed by atoms with Crippen LogP contribution in [0.2, 0.25) is 0 Å². The van der Waals surface area contributed by atoms with Crippen LogP contribution in [0.5, 0.6) is 5.75 Å². The number of ether oxygens (including phenoxy) is 3. The SMILES string of the molecule is COc1ccc(C2(C3(CO)COC3)COC2)cc1C. The van der Waals surface area contributed by atoms with E-state index >= 15 is 0 Å². The molecule has 1 aromatic rings. The van der Waals surface area contributed by atoms with Crippen LogP contribution in [-0.4, -0.2) is 45.3 Å². The van der Waals surface area contributed by atoms with Gasteiger partial charge in [0.25, 0.3) is 0 Å². The van der Waals surface area contributed by atoms with Crippen LogP contribution < -0.4 is 4.74 Å². The van der Waals surface area contributed by atoms with Gasteiger partial charge in [-0.3, -0.25) is 0 Å². The normalized spacial score (nSPS) is 23.3. The summed E-state index contributed by atoms with van der Waals surface area (Å²) in [5.41, 5.74) is 2.03. The fourth-order valence-corrected chi connectivity index (χ4v) is 3.13. The second kappa shape index (κ2) is 4.47. The first kappa shape index (κ1) is 12.9. The second-order valence-corrected chi connectivity index (χ2v) is 5.69. The molecule has 2 aliphatic heterocycles. The summed E-state index contributed by atoms with van der Waals surface area (Å²) in [6.07, 6.45) is 0. The Morgan fingerprint density at radius 2 is 1.89 bits per heavy atom. The largest absolute Gasteiger partial charge is 0.496 e. The number of aryl methyl sites for hydroxylation is 1. The molecule has 1 N–H and O–H groups in total. The molecule has 0 aliphatic carbocycles. The van der Waals surface area contributed by atoms with Gasteiger partial charge in [-0.2, -0.15) is 0 Å². The van der Waals surface area contributed by atoms with Crippen LogP contribution in [0, 0.1) is 12.3 Å². The van der Waals surface area contributed by atoms with Crippen molar-refractivity contribution in [3.63, 3.8) is 0 Å². The molecule has 0 amide bonds. The minimum atomic E-state index is -0.188. The van der Waals surface area contributed by atoms with Crippen molar-refractivity contribution in [2.45, 2.75) is 12.3 Å². The summed E-state index contributed by atoms with van der Waals surface area (Å²) in [7, 11) is 1.68. The molecule has 0 spiro atoms. The molecule has 0 bridgehead atoms. The van der Waals surface area contributed by atoms with Crippen molar-refractivity contribution < 1.29 is 19.3 Å². The number of aliphatic hydroxyl groups is 1. The van der Waals surface area contributed by atoms with Gasteiger partial charge in [0.1, 0.15) is 5.75 Å². The highest BCUT2D eigenvalue weighted by atomic mass is 16.5. The lowest BCUT2D eigenvalue weighted by Crippen LogP contribution is -2.68. The Balaban J connectivity index is 2.00. The zero-order chi connectivity index (χ0) is 13.5. The van der Waals surface area contributed by atoms with E-state index in [2.05, 4.69) is 12.1 Å². The van der Waals surface area contributed by atoms with Crippen molar-refractivity contribution in [2.24, 2.45) is 5.41 Å². The van der Waals surface area contributed by atoms with E-state index in [-0.39, 0.29) is 17.4 Å². The van der Waals surface area contributed by atoms with E-state index < -0.39 is 0 Å². The van der Waals surface area contributed by atoms with E-state index in [0.29, 0.717) is 26.4 Å². The van der Waals surface area contributed by atoms with Gasteiger partial charge in [0.2, 0.25) is 0 Å². The van der Waals surface area contributed by atoms with Crippen LogP contribution in [0.15, 0.2) is 18.2 Å². The van der Waals surface area contributed by atoms with Crippen molar-refractivity contribution in [1.82, 2.24) is 0 Å². The molecule has 2 heterocycles. The Morgan fingerprint density at radius 1 is 1.21 bits per heavy atom. The molecule has 3 rings (SSSR count). The molecule has 2 saturated heterocycles. The summed E-state index contributed by atoms with van der Waals surface area (Å²) in [6.45, 7) is 4.71. The van der Waals surface area contributed by atoms with E-state index in [1.54, 1.807) is 7.11 Å². The lowest BCUT2D eigenvalue weighted by molar-refractivity contribution is -0.242. The van der Waals surface area contributed by atoms with Gasteiger partial charge in [-0.1, -0.05) is 12.1 Å². The van der Waals surface area contributed by atoms with E-state index in [9.17, 15) is 5.11 Å². The average molecular weight is 264 g/mol. The van der Waals surface area contributed by atoms with Gasteiger partial charge in [-0.15, -0.1) is 0 Å². The maximum Gasteiger partial charge on any atom is 0.121 e. The maximum atomic E-state index is 9.81. The minimum absolute atomic E-state index is 0.114. The molecule has 4 heteroatoms. The van der Waals surface area contributed by atoms with Crippen molar-refractivity contribution in [3.05, 3.63) is 29.3 Å². The number of rotatable bonds is 4. The summed E-state index contributed by atoms with van der Waals surface area (Å²) in [4.78, 5) is 0. The molecule has 1 aromatic carbocycles. The highest BCUT2D eigenvalue weighted by molar-refractivity contribution is 5.42. The Hall–Kier alpha value is -1.10. The first-order valence-electron chi connectivity index (χ1n) is 6.59. The predicted octanol–water partition coefficient (Wildman–Crippen LogP) is 1.28. The van der Waals surface area contributed by atoms with Crippen LogP contribution in [0.3, 0.4) is 0 Å². The monoisotopic (exact) mass is 264 g/mol. The van der Waals surface area contributed by atoms with Crippen LogP contribution >= 0.6 is 0 Å². The topological polar surface area (TPSA) is 47.9 Å². The highest BCUT2D eigenvalue weighted by Gasteiger charge is 2.60. The number of aliphatic hydroxyl groups excluding tert-OH is 1. The second-order valence-electron chi connectivity index (χ2n) is 5.69. The summed E-state index contributed by atoms with van der Waals surface area (Å²) >= 11 is 0. The smallest absolute Gasteiger partial charge is 0.121 e. The zero-order valence-electron chi connectivity index (χ0n) is 11.4. The third kappa shape index (κ3) is 1.64. The van der Waals surface area contributed by atoms with Gasteiger partial charge in [-0.05, 0) is 24.1 Å². The third-order valence-electron chi connectivity index (χ3n) is 4.72.